The van der Waals surface area contributed by atoms with Crippen LogP contribution in [0.15, 0.2) is 54.6 Å². The molecule has 30 heavy (non-hydrogen) atoms. The highest BCUT2D eigenvalue weighted by atomic mass is 35.5. The molecule has 3 aromatic rings. The lowest BCUT2D eigenvalue weighted by atomic mass is 10.2. The van der Waals surface area contributed by atoms with Gasteiger partial charge in [0, 0.05) is 19.1 Å². The number of rotatable bonds is 8. The third kappa shape index (κ3) is 5.92. The number of nitrogens with one attached hydrogen (secondary N) is 1. The standard InChI is InChI=1S/C21H26N6O.2ClH/c1-2-26-14-6-9-19(26)16-22-15-17-10-12-20(13-11-17)28-21-23-24-25-27(21)18-7-4-3-5-8-18;;/h3-5,7-8,10-13,19,22H,2,6,9,14-16H2,1H3;2*1H. The van der Waals surface area contributed by atoms with Crippen LogP contribution in [0.3, 0.4) is 0 Å². The maximum absolute atomic E-state index is 5.87. The highest BCUT2D eigenvalue weighted by Crippen LogP contribution is 2.21. The number of nitrogens with zero attached hydrogens (tertiary/aromatic N) is 5. The summed E-state index contributed by atoms with van der Waals surface area (Å²) in [7, 11) is 0. The lowest BCUT2D eigenvalue weighted by molar-refractivity contribution is 0.260. The van der Waals surface area contributed by atoms with Crippen molar-refractivity contribution in [2.45, 2.75) is 32.4 Å². The summed E-state index contributed by atoms with van der Waals surface area (Å²) in [5.41, 5.74) is 2.09. The van der Waals surface area contributed by atoms with Gasteiger partial charge in [0.1, 0.15) is 5.75 Å². The molecule has 1 N–H and O–H groups in total. The first-order chi connectivity index (χ1) is 13.8. The van der Waals surface area contributed by atoms with Gasteiger partial charge in [-0.3, -0.25) is 4.90 Å². The van der Waals surface area contributed by atoms with Gasteiger partial charge in [-0.1, -0.05) is 42.4 Å². The van der Waals surface area contributed by atoms with E-state index in [9.17, 15) is 0 Å². The van der Waals surface area contributed by atoms with E-state index in [4.69, 9.17) is 4.74 Å². The third-order valence-corrected chi connectivity index (χ3v) is 5.19. The minimum absolute atomic E-state index is 0. The van der Waals surface area contributed by atoms with Crippen molar-refractivity contribution >= 4 is 24.8 Å². The molecule has 0 saturated carbocycles. The number of likely N-dealkylation sites (N-methyl/N-ethyl adjacent to an activating group) is 1. The number of tetrazole rings is 1. The van der Waals surface area contributed by atoms with Crippen LogP contribution in [0, 0.1) is 0 Å². The molecule has 0 radical (unpaired) electrons. The Morgan fingerprint density at radius 2 is 1.83 bits per heavy atom. The number of hydrogen-bond donors (Lipinski definition) is 1. The van der Waals surface area contributed by atoms with Gasteiger partial charge in [-0.25, -0.2) is 0 Å². The Bertz CT molecular complexity index is 875. The van der Waals surface area contributed by atoms with Crippen molar-refractivity contribution in [3.8, 4) is 17.4 Å². The predicted molar refractivity (Wildman–Crippen MR) is 122 cm³/mol. The van der Waals surface area contributed by atoms with E-state index in [0.29, 0.717) is 17.8 Å². The second-order valence-corrected chi connectivity index (χ2v) is 7.01. The van der Waals surface area contributed by atoms with Gasteiger partial charge < -0.3 is 10.1 Å². The molecule has 1 aliphatic rings. The van der Waals surface area contributed by atoms with E-state index in [1.54, 1.807) is 4.68 Å². The number of aromatic nitrogens is 4. The Morgan fingerprint density at radius 3 is 2.57 bits per heavy atom. The summed E-state index contributed by atoms with van der Waals surface area (Å²) in [6, 6.07) is 18.8. The molecule has 1 atom stereocenters. The molecule has 7 nitrogen and oxygen atoms in total. The molecule has 0 aliphatic carbocycles. The first kappa shape index (κ1) is 24.1. The Hall–Kier alpha value is -2.19. The molecule has 1 aliphatic heterocycles. The van der Waals surface area contributed by atoms with Crippen molar-refractivity contribution < 1.29 is 4.74 Å². The Labute approximate surface area is 189 Å². The Morgan fingerprint density at radius 1 is 1.07 bits per heavy atom. The summed E-state index contributed by atoms with van der Waals surface area (Å²) in [5.74, 6) is 0.712. The molecule has 4 rings (SSSR count). The van der Waals surface area contributed by atoms with E-state index in [0.717, 1.165) is 25.3 Å². The molecule has 0 spiro atoms. The van der Waals surface area contributed by atoms with Crippen molar-refractivity contribution in [3.63, 3.8) is 0 Å². The molecular formula is C21H28Cl2N6O. The molecule has 0 amide bonds. The van der Waals surface area contributed by atoms with E-state index < -0.39 is 0 Å². The van der Waals surface area contributed by atoms with Gasteiger partial charge in [0.25, 0.3) is 0 Å². The maximum Gasteiger partial charge on any atom is 0.345 e. The number of para-hydroxylation sites is 1. The average Bonchev–Trinajstić information content (AvgIpc) is 3.39. The Balaban J connectivity index is 0.00000160. The van der Waals surface area contributed by atoms with Gasteiger partial charge in [-0.2, -0.15) is 4.68 Å². The molecule has 1 unspecified atom stereocenters. The molecule has 162 valence electrons. The number of hydrogen-bond acceptors (Lipinski definition) is 6. The van der Waals surface area contributed by atoms with E-state index >= 15 is 0 Å². The van der Waals surface area contributed by atoms with Gasteiger partial charge >= 0.3 is 6.01 Å². The SMILES string of the molecule is CCN1CCCC1CNCc1ccc(Oc2nnnn2-c2ccccc2)cc1.Cl.Cl. The van der Waals surface area contributed by atoms with Gasteiger partial charge in [-0.15, -0.1) is 24.8 Å². The first-order valence-corrected chi connectivity index (χ1v) is 9.89. The maximum atomic E-state index is 5.87. The molecule has 1 saturated heterocycles. The topological polar surface area (TPSA) is 68.1 Å². The normalized spacial score (nSPS) is 16.0. The highest BCUT2D eigenvalue weighted by molar-refractivity contribution is 5.85. The fourth-order valence-electron chi connectivity index (χ4n) is 3.68. The molecular weight excluding hydrogens is 423 g/mol. The van der Waals surface area contributed by atoms with Crippen LogP contribution in [0.4, 0.5) is 0 Å². The second-order valence-electron chi connectivity index (χ2n) is 7.01. The molecule has 0 bridgehead atoms. The zero-order chi connectivity index (χ0) is 19.2. The second kappa shape index (κ2) is 11.9. The van der Waals surface area contributed by atoms with Gasteiger partial charge in [0.2, 0.25) is 0 Å². The summed E-state index contributed by atoms with van der Waals surface area (Å²) in [6.45, 7) is 6.51. The van der Waals surface area contributed by atoms with E-state index in [1.807, 2.05) is 42.5 Å². The Kier molecular flexibility index (Phi) is 9.52. The average molecular weight is 451 g/mol. The molecule has 9 heteroatoms. The van der Waals surface area contributed by atoms with Crippen LogP contribution in [0.25, 0.3) is 5.69 Å². The lowest BCUT2D eigenvalue weighted by Crippen LogP contribution is -2.37. The van der Waals surface area contributed by atoms with Crippen LogP contribution in [0.5, 0.6) is 11.8 Å². The van der Waals surface area contributed by atoms with Crippen molar-refractivity contribution in [2.75, 3.05) is 19.6 Å². The van der Waals surface area contributed by atoms with E-state index in [-0.39, 0.29) is 24.8 Å². The monoisotopic (exact) mass is 450 g/mol. The highest BCUT2D eigenvalue weighted by Gasteiger charge is 2.22. The quantitative estimate of drug-likeness (QED) is 0.561. The zero-order valence-corrected chi connectivity index (χ0v) is 18.6. The van der Waals surface area contributed by atoms with Crippen molar-refractivity contribution in [2.24, 2.45) is 0 Å². The van der Waals surface area contributed by atoms with Crippen LogP contribution >= 0.6 is 24.8 Å². The van der Waals surface area contributed by atoms with Gasteiger partial charge in [-0.05, 0) is 66.2 Å². The first-order valence-electron chi connectivity index (χ1n) is 9.89. The van der Waals surface area contributed by atoms with Crippen LogP contribution in [-0.2, 0) is 6.54 Å². The number of halogens is 2. The summed E-state index contributed by atoms with van der Waals surface area (Å²) in [5, 5.41) is 15.3. The molecule has 1 fully saturated rings. The summed E-state index contributed by atoms with van der Waals surface area (Å²) in [4.78, 5) is 2.56. The molecule has 2 heterocycles. The summed E-state index contributed by atoms with van der Waals surface area (Å²) < 4.78 is 7.45. The largest absolute Gasteiger partial charge is 0.423 e. The smallest absolute Gasteiger partial charge is 0.345 e. The van der Waals surface area contributed by atoms with E-state index in [1.165, 1.54) is 24.9 Å². The summed E-state index contributed by atoms with van der Waals surface area (Å²) in [6.07, 6.45) is 2.61. The van der Waals surface area contributed by atoms with Crippen LogP contribution in [0.1, 0.15) is 25.3 Å². The minimum Gasteiger partial charge on any atom is -0.423 e. The fourth-order valence-corrected chi connectivity index (χ4v) is 3.68. The fraction of sp³-hybridized carbons (Fsp3) is 0.381. The zero-order valence-electron chi connectivity index (χ0n) is 17.0. The minimum atomic E-state index is 0. The van der Waals surface area contributed by atoms with Gasteiger partial charge in [0.05, 0.1) is 5.69 Å². The van der Waals surface area contributed by atoms with E-state index in [2.05, 4.69) is 44.8 Å². The number of likely N-dealkylation sites (tertiary alicyclic amines) is 1. The molecule has 2 aromatic carbocycles. The van der Waals surface area contributed by atoms with Crippen molar-refractivity contribution in [1.82, 2.24) is 30.4 Å². The molecule has 1 aromatic heterocycles. The van der Waals surface area contributed by atoms with Crippen molar-refractivity contribution in [1.29, 1.82) is 0 Å². The van der Waals surface area contributed by atoms with Crippen LogP contribution in [-0.4, -0.2) is 50.8 Å². The van der Waals surface area contributed by atoms with Crippen LogP contribution in [0.2, 0.25) is 0 Å². The predicted octanol–water partition coefficient (Wildman–Crippen LogP) is 3.87. The number of benzene rings is 2. The van der Waals surface area contributed by atoms with Gasteiger partial charge in [0.15, 0.2) is 0 Å². The third-order valence-electron chi connectivity index (χ3n) is 5.19. The van der Waals surface area contributed by atoms with Crippen LogP contribution < -0.4 is 10.1 Å². The lowest BCUT2D eigenvalue weighted by Gasteiger charge is -2.23. The van der Waals surface area contributed by atoms with Crippen molar-refractivity contribution in [3.05, 3.63) is 60.2 Å². The number of ether oxygens (including phenoxy) is 1. The summed E-state index contributed by atoms with van der Waals surface area (Å²) >= 11 is 0.